The van der Waals surface area contributed by atoms with Crippen LogP contribution < -0.4 is 0 Å². The second kappa shape index (κ2) is 3.28. The van der Waals surface area contributed by atoms with Crippen molar-refractivity contribution in [3.8, 4) is 0 Å². The average molecular weight is 215 g/mol. The molecule has 2 heterocycles. The predicted molar refractivity (Wildman–Crippen MR) is 56.8 cm³/mol. The minimum Gasteiger partial charge on any atom is -0.266 e. The first kappa shape index (κ1) is 8.97. The molecule has 0 fully saturated rings. The molecule has 0 spiro atoms. The summed E-state index contributed by atoms with van der Waals surface area (Å²) in [6.45, 7) is 1.97. The Morgan fingerprint density at radius 3 is 2.92 bits per heavy atom. The number of dihydropyridines is 1. The number of fused-ring (bicyclic) bond motifs is 1. The van der Waals surface area contributed by atoms with Gasteiger partial charge in [-0.05, 0) is 13.0 Å². The van der Waals surface area contributed by atoms with Crippen LogP contribution in [0.5, 0.6) is 0 Å². The summed E-state index contributed by atoms with van der Waals surface area (Å²) in [5.74, 6) is 0.181. The van der Waals surface area contributed by atoms with Crippen molar-refractivity contribution in [3.05, 3.63) is 23.4 Å². The highest BCUT2D eigenvalue weighted by molar-refractivity contribution is 6.76. The summed E-state index contributed by atoms with van der Waals surface area (Å²) in [5.41, 5.74) is 1.03. The van der Waals surface area contributed by atoms with Crippen LogP contribution in [-0.4, -0.2) is 16.9 Å². The molecule has 4 heteroatoms. The molecule has 68 valence electrons. The number of rotatable bonds is 0. The highest BCUT2D eigenvalue weighted by Crippen LogP contribution is 2.27. The van der Waals surface area contributed by atoms with Crippen LogP contribution in [0, 0.1) is 5.92 Å². The molecular formula is C9H8Cl2N2. The van der Waals surface area contributed by atoms with Crippen LogP contribution in [0.15, 0.2) is 33.4 Å². The fourth-order valence-electron chi connectivity index (χ4n) is 1.46. The lowest BCUT2D eigenvalue weighted by molar-refractivity contribution is 0.706. The van der Waals surface area contributed by atoms with E-state index >= 15 is 0 Å². The molecule has 0 aromatic heterocycles. The third-order valence-corrected chi connectivity index (χ3v) is 2.90. The van der Waals surface area contributed by atoms with Crippen LogP contribution in [0.4, 0.5) is 0 Å². The maximum Gasteiger partial charge on any atom is 0.142 e. The van der Waals surface area contributed by atoms with Gasteiger partial charge in [-0.1, -0.05) is 29.3 Å². The largest absolute Gasteiger partial charge is 0.266 e. The second-order valence-corrected chi connectivity index (χ2v) is 3.83. The van der Waals surface area contributed by atoms with Crippen LogP contribution in [0.1, 0.15) is 6.92 Å². The molecule has 0 saturated carbocycles. The third kappa shape index (κ3) is 1.56. The van der Waals surface area contributed by atoms with Gasteiger partial charge in [0, 0.05) is 17.8 Å². The van der Waals surface area contributed by atoms with Gasteiger partial charge in [-0.15, -0.1) is 0 Å². The van der Waals surface area contributed by atoms with E-state index in [9.17, 15) is 0 Å². The van der Waals surface area contributed by atoms with Gasteiger partial charge in [0.15, 0.2) is 0 Å². The molecule has 0 N–H and O–H groups in total. The Hall–Kier alpha value is -0.600. The minimum atomic E-state index is 0.0764. The maximum atomic E-state index is 5.87. The van der Waals surface area contributed by atoms with Gasteiger partial charge in [-0.2, -0.15) is 0 Å². The summed E-state index contributed by atoms with van der Waals surface area (Å²) in [7, 11) is 0. The van der Waals surface area contributed by atoms with Crippen molar-refractivity contribution in [3.63, 3.8) is 0 Å². The zero-order chi connectivity index (χ0) is 9.42. The number of hydrogen-bond donors (Lipinski definition) is 0. The first-order chi connectivity index (χ1) is 6.18. The Morgan fingerprint density at radius 1 is 1.38 bits per heavy atom. The first-order valence-corrected chi connectivity index (χ1v) is 4.76. The molecule has 0 amide bonds. The minimum absolute atomic E-state index is 0.0764. The molecule has 0 saturated heterocycles. The van der Waals surface area contributed by atoms with Crippen molar-refractivity contribution >= 4 is 34.1 Å². The van der Waals surface area contributed by atoms with Crippen LogP contribution in [0.25, 0.3) is 0 Å². The van der Waals surface area contributed by atoms with Gasteiger partial charge in [-0.3, -0.25) is 9.98 Å². The SMILES string of the molecule is CC1=NC=CC2N=C(Cl)C(Cl)=CC12. The topological polar surface area (TPSA) is 24.7 Å². The van der Waals surface area contributed by atoms with Crippen LogP contribution in [-0.2, 0) is 0 Å². The van der Waals surface area contributed by atoms with Gasteiger partial charge in [0.05, 0.1) is 11.1 Å². The van der Waals surface area contributed by atoms with E-state index in [1.54, 1.807) is 6.20 Å². The summed E-state index contributed by atoms with van der Waals surface area (Å²) in [6.07, 6.45) is 5.60. The van der Waals surface area contributed by atoms with Crippen molar-refractivity contribution in [1.82, 2.24) is 0 Å². The molecular weight excluding hydrogens is 207 g/mol. The predicted octanol–water partition coefficient (Wildman–Crippen LogP) is 2.73. The standard InChI is InChI=1S/C9H8Cl2N2/c1-5-6-4-7(10)9(11)13-8(6)2-3-12-5/h2-4,6,8H,1H3. The number of allylic oxidation sites excluding steroid dienone is 1. The molecule has 2 aliphatic heterocycles. The average Bonchev–Trinajstić information content (AvgIpc) is 2.09. The molecule has 0 radical (unpaired) electrons. The lowest BCUT2D eigenvalue weighted by Crippen LogP contribution is -2.28. The van der Waals surface area contributed by atoms with Gasteiger partial charge in [-0.25, -0.2) is 0 Å². The molecule has 2 aliphatic rings. The Labute approximate surface area is 86.7 Å². The summed E-state index contributed by atoms with van der Waals surface area (Å²) in [6, 6.07) is 0.0764. The van der Waals surface area contributed by atoms with Crippen molar-refractivity contribution in [1.29, 1.82) is 0 Å². The van der Waals surface area contributed by atoms with E-state index in [-0.39, 0.29) is 12.0 Å². The Balaban J connectivity index is 2.38. The van der Waals surface area contributed by atoms with Gasteiger partial charge < -0.3 is 0 Å². The number of nitrogens with zero attached hydrogens (tertiary/aromatic N) is 2. The lowest BCUT2D eigenvalue weighted by Gasteiger charge is -2.24. The van der Waals surface area contributed by atoms with Gasteiger partial charge >= 0.3 is 0 Å². The van der Waals surface area contributed by atoms with Crippen molar-refractivity contribution < 1.29 is 0 Å². The molecule has 2 nitrogen and oxygen atoms in total. The molecule has 2 atom stereocenters. The van der Waals surface area contributed by atoms with Crippen LogP contribution in [0.2, 0.25) is 0 Å². The zero-order valence-corrected chi connectivity index (χ0v) is 8.55. The fourth-order valence-corrected chi connectivity index (χ4v) is 1.82. The van der Waals surface area contributed by atoms with E-state index in [0.29, 0.717) is 10.2 Å². The fraction of sp³-hybridized carbons (Fsp3) is 0.333. The highest BCUT2D eigenvalue weighted by atomic mass is 35.5. The second-order valence-electron chi connectivity index (χ2n) is 3.06. The quantitative estimate of drug-likeness (QED) is 0.593. The van der Waals surface area contributed by atoms with Crippen LogP contribution >= 0.6 is 23.2 Å². The molecule has 0 aromatic rings. The summed E-state index contributed by atoms with van der Waals surface area (Å²) >= 11 is 11.7. The number of halogens is 2. The van der Waals surface area contributed by atoms with Gasteiger partial charge in [0.1, 0.15) is 5.17 Å². The first-order valence-electron chi connectivity index (χ1n) is 4.00. The van der Waals surface area contributed by atoms with E-state index in [4.69, 9.17) is 23.2 Å². The molecule has 0 bridgehead atoms. The zero-order valence-electron chi connectivity index (χ0n) is 7.04. The summed E-state index contributed by atoms with van der Waals surface area (Å²) in [5, 5.41) is 0.912. The Morgan fingerprint density at radius 2 is 2.15 bits per heavy atom. The smallest absolute Gasteiger partial charge is 0.142 e. The van der Waals surface area contributed by atoms with E-state index in [1.807, 2.05) is 19.1 Å². The van der Waals surface area contributed by atoms with E-state index < -0.39 is 0 Å². The highest BCUT2D eigenvalue weighted by Gasteiger charge is 2.26. The van der Waals surface area contributed by atoms with E-state index in [0.717, 1.165) is 5.71 Å². The summed E-state index contributed by atoms with van der Waals surface area (Å²) in [4.78, 5) is 8.44. The van der Waals surface area contributed by atoms with Crippen LogP contribution in [0.3, 0.4) is 0 Å². The summed E-state index contributed by atoms with van der Waals surface area (Å²) < 4.78 is 0. The maximum absolute atomic E-state index is 5.87. The molecule has 2 unspecified atom stereocenters. The number of aliphatic imine (C=N–C) groups is 2. The van der Waals surface area contributed by atoms with Crippen molar-refractivity contribution in [2.45, 2.75) is 13.0 Å². The molecule has 13 heavy (non-hydrogen) atoms. The van der Waals surface area contributed by atoms with E-state index in [2.05, 4.69) is 9.98 Å². The van der Waals surface area contributed by atoms with Crippen molar-refractivity contribution in [2.75, 3.05) is 0 Å². The Kier molecular flexibility index (Phi) is 2.26. The monoisotopic (exact) mass is 214 g/mol. The number of hydrogen-bond acceptors (Lipinski definition) is 2. The van der Waals surface area contributed by atoms with E-state index in [1.165, 1.54) is 0 Å². The third-order valence-electron chi connectivity index (χ3n) is 2.20. The molecule has 0 aromatic carbocycles. The van der Waals surface area contributed by atoms with Crippen molar-refractivity contribution in [2.24, 2.45) is 15.9 Å². The van der Waals surface area contributed by atoms with Gasteiger partial charge in [0.2, 0.25) is 0 Å². The molecule has 0 aliphatic carbocycles. The Bertz CT molecular complexity index is 353. The van der Waals surface area contributed by atoms with Gasteiger partial charge in [0.25, 0.3) is 0 Å². The lowest BCUT2D eigenvalue weighted by atomic mass is 9.92. The molecule has 2 rings (SSSR count). The normalized spacial score (nSPS) is 31.8.